The molecule has 1 saturated heterocycles. The smallest absolute Gasteiger partial charge is 0.321 e. The third-order valence-electron chi connectivity index (χ3n) is 4.61. The first-order valence-electron chi connectivity index (χ1n) is 8.61. The summed E-state index contributed by atoms with van der Waals surface area (Å²) in [6, 6.07) is 9.28. The van der Waals surface area contributed by atoms with Gasteiger partial charge in [-0.3, -0.25) is 19.7 Å². The fraction of sp³-hybridized carbons (Fsp3) is 0.333. The van der Waals surface area contributed by atoms with E-state index in [1.807, 2.05) is 35.2 Å². The van der Waals surface area contributed by atoms with E-state index in [0.29, 0.717) is 25.2 Å². The lowest BCUT2D eigenvalue weighted by Gasteiger charge is -2.20. The van der Waals surface area contributed by atoms with Crippen molar-refractivity contribution in [3.8, 4) is 0 Å². The summed E-state index contributed by atoms with van der Waals surface area (Å²) in [6.45, 7) is 1.21. The molecule has 1 amide bonds. The van der Waals surface area contributed by atoms with Crippen molar-refractivity contribution in [3.63, 3.8) is 0 Å². The molecule has 1 aliphatic heterocycles. The van der Waals surface area contributed by atoms with Crippen LogP contribution >= 0.6 is 0 Å². The first-order chi connectivity index (χ1) is 13.1. The maximum Gasteiger partial charge on any atom is 0.321 e. The number of hydrogen-bond acceptors (Lipinski definition) is 6. The molecule has 0 unspecified atom stereocenters. The molecule has 0 spiro atoms. The second-order valence-corrected chi connectivity index (χ2v) is 6.41. The molecule has 9 nitrogen and oxygen atoms in total. The maximum atomic E-state index is 11.6. The van der Waals surface area contributed by atoms with Crippen LogP contribution in [0.1, 0.15) is 23.7 Å². The first kappa shape index (κ1) is 18.7. The summed E-state index contributed by atoms with van der Waals surface area (Å²) in [5.74, 6) is -1.51. The summed E-state index contributed by atoms with van der Waals surface area (Å²) >= 11 is 0. The number of benzene rings is 1. The van der Waals surface area contributed by atoms with E-state index in [0.717, 1.165) is 12.5 Å². The Morgan fingerprint density at radius 2 is 2.07 bits per heavy atom. The highest BCUT2D eigenvalue weighted by Crippen LogP contribution is 2.27. The molecular formula is C18H21N5O4. The number of hydroxylamine groups is 1. The second-order valence-electron chi connectivity index (χ2n) is 6.41. The number of nitrogens with one attached hydrogen (secondary N) is 1. The molecule has 9 heteroatoms. The number of nitrogens with zero attached hydrogens (tertiary/aromatic N) is 4. The molecule has 1 fully saturated rings. The molecule has 2 heterocycles. The Morgan fingerprint density at radius 1 is 1.30 bits per heavy atom. The number of likely N-dealkylation sites (tertiary alicyclic amines) is 1. The fourth-order valence-electron chi connectivity index (χ4n) is 3.24. The SMILES string of the molecule is O=C(/C=C/c1cn([C@H]2C[C@H](C(=O)O)N(CCc3ccccc3)C2)nn1)NO. The van der Waals surface area contributed by atoms with Crippen LogP contribution in [0.3, 0.4) is 0 Å². The van der Waals surface area contributed by atoms with Gasteiger partial charge in [0, 0.05) is 19.2 Å². The third kappa shape index (κ3) is 4.78. The van der Waals surface area contributed by atoms with Crippen molar-refractivity contribution >= 4 is 18.0 Å². The lowest BCUT2D eigenvalue weighted by molar-refractivity contribution is -0.142. The average molecular weight is 371 g/mol. The highest BCUT2D eigenvalue weighted by atomic mass is 16.5. The van der Waals surface area contributed by atoms with E-state index in [1.165, 1.54) is 17.1 Å². The van der Waals surface area contributed by atoms with Crippen LogP contribution in [0.25, 0.3) is 6.08 Å². The standard InChI is InChI=1S/C18H21N5O4/c24-17(20-27)7-6-14-11-23(21-19-14)15-10-16(18(25)26)22(12-15)9-8-13-4-2-1-3-5-13/h1-7,11,15-16,27H,8-10,12H2,(H,20,24)(H,25,26)/b7-6+/t15-,16+/m0/s1. The van der Waals surface area contributed by atoms with E-state index in [2.05, 4.69) is 10.3 Å². The summed E-state index contributed by atoms with van der Waals surface area (Å²) in [5.41, 5.74) is 3.12. The average Bonchev–Trinajstić information content (AvgIpc) is 3.32. The minimum atomic E-state index is -0.842. The van der Waals surface area contributed by atoms with Crippen LogP contribution in [0.15, 0.2) is 42.6 Å². The van der Waals surface area contributed by atoms with Crippen LogP contribution < -0.4 is 5.48 Å². The number of hydrogen-bond donors (Lipinski definition) is 3. The molecule has 0 bridgehead atoms. The molecule has 142 valence electrons. The number of carboxylic acid groups (broad SMARTS) is 1. The molecular weight excluding hydrogens is 350 g/mol. The Morgan fingerprint density at radius 3 is 2.78 bits per heavy atom. The van der Waals surface area contributed by atoms with Gasteiger partial charge in [-0.1, -0.05) is 35.5 Å². The minimum Gasteiger partial charge on any atom is -0.480 e. The number of rotatable bonds is 7. The Hall–Kier alpha value is -3.04. The van der Waals surface area contributed by atoms with Crippen LogP contribution in [-0.2, 0) is 16.0 Å². The van der Waals surface area contributed by atoms with Crippen molar-refractivity contribution in [2.75, 3.05) is 13.1 Å². The van der Waals surface area contributed by atoms with Gasteiger partial charge in [0.1, 0.15) is 11.7 Å². The Kier molecular flexibility index (Phi) is 5.94. The number of aliphatic carboxylic acids is 1. The van der Waals surface area contributed by atoms with Crippen LogP contribution in [-0.4, -0.2) is 61.2 Å². The molecule has 1 aromatic carbocycles. The molecule has 1 aliphatic rings. The Bertz CT molecular complexity index is 820. The molecule has 2 aromatic rings. The molecule has 0 aliphatic carbocycles. The third-order valence-corrected chi connectivity index (χ3v) is 4.61. The molecule has 2 atom stereocenters. The van der Waals surface area contributed by atoms with Crippen molar-refractivity contribution in [2.45, 2.75) is 24.9 Å². The van der Waals surface area contributed by atoms with Gasteiger partial charge in [0.25, 0.3) is 5.91 Å². The van der Waals surface area contributed by atoms with Crippen molar-refractivity contribution in [1.29, 1.82) is 0 Å². The monoisotopic (exact) mass is 371 g/mol. The largest absolute Gasteiger partial charge is 0.480 e. The van der Waals surface area contributed by atoms with Gasteiger partial charge in [-0.2, -0.15) is 0 Å². The highest BCUT2D eigenvalue weighted by molar-refractivity contribution is 5.90. The quantitative estimate of drug-likeness (QED) is 0.373. The lowest BCUT2D eigenvalue weighted by atomic mass is 10.1. The van der Waals surface area contributed by atoms with Crippen LogP contribution in [0.4, 0.5) is 0 Å². The minimum absolute atomic E-state index is 0.108. The van der Waals surface area contributed by atoms with Gasteiger partial charge in [-0.25, -0.2) is 10.2 Å². The zero-order valence-corrected chi connectivity index (χ0v) is 14.6. The van der Waals surface area contributed by atoms with E-state index in [4.69, 9.17) is 5.21 Å². The molecule has 1 aromatic heterocycles. The van der Waals surface area contributed by atoms with Crippen LogP contribution in [0, 0.1) is 0 Å². The topological polar surface area (TPSA) is 121 Å². The predicted octanol–water partition coefficient (Wildman–Crippen LogP) is 0.739. The molecule has 3 rings (SSSR count). The number of amides is 1. The highest BCUT2D eigenvalue weighted by Gasteiger charge is 2.37. The zero-order valence-electron chi connectivity index (χ0n) is 14.6. The second kappa shape index (κ2) is 8.56. The van der Waals surface area contributed by atoms with E-state index >= 15 is 0 Å². The normalized spacial score (nSPS) is 20.2. The zero-order chi connectivity index (χ0) is 19.2. The molecule has 3 N–H and O–H groups in total. The number of carbonyl (C=O) groups is 2. The summed E-state index contributed by atoms with van der Waals surface area (Å²) in [5, 5.41) is 26.0. The van der Waals surface area contributed by atoms with Gasteiger partial charge in [-0.05, 0) is 24.5 Å². The number of aromatic nitrogens is 3. The van der Waals surface area contributed by atoms with E-state index in [1.54, 1.807) is 10.9 Å². The van der Waals surface area contributed by atoms with Gasteiger partial charge < -0.3 is 5.11 Å². The van der Waals surface area contributed by atoms with Gasteiger partial charge in [0.2, 0.25) is 0 Å². The van der Waals surface area contributed by atoms with E-state index < -0.39 is 17.9 Å². The van der Waals surface area contributed by atoms with E-state index in [9.17, 15) is 14.7 Å². The van der Waals surface area contributed by atoms with Gasteiger partial charge >= 0.3 is 5.97 Å². The van der Waals surface area contributed by atoms with Crippen molar-refractivity contribution < 1.29 is 19.9 Å². The molecule has 0 radical (unpaired) electrons. The molecule has 0 saturated carbocycles. The van der Waals surface area contributed by atoms with Gasteiger partial charge in [0.05, 0.1) is 12.2 Å². The van der Waals surface area contributed by atoms with Crippen molar-refractivity contribution in [3.05, 3.63) is 53.9 Å². The Balaban J connectivity index is 1.65. The van der Waals surface area contributed by atoms with Crippen LogP contribution in [0.5, 0.6) is 0 Å². The first-order valence-corrected chi connectivity index (χ1v) is 8.61. The van der Waals surface area contributed by atoms with E-state index in [-0.39, 0.29) is 6.04 Å². The summed E-state index contributed by atoms with van der Waals surface area (Å²) in [4.78, 5) is 24.6. The lowest BCUT2D eigenvalue weighted by Crippen LogP contribution is -2.37. The summed E-state index contributed by atoms with van der Waals surface area (Å²) in [7, 11) is 0. The van der Waals surface area contributed by atoms with Crippen LogP contribution in [0.2, 0.25) is 0 Å². The van der Waals surface area contributed by atoms with Crippen molar-refractivity contribution in [2.24, 2.45) is 0 Å². The summed E-state index contributed by atoms with van der Waals surface area (Å²) in [6.07, 6.45) is 5.43. The summed E-state index contributed by atoms with van der Waals surface area (Å²) < 4.78 is 1.63. The molecule has 27 heavy (non-hydrogen) atoms. The fourth-order valence-corrected chi connectivity index (χ4v) is 3.24. The predicted molar refractivity (Wildman–Crippen MR) is 95.8 cm³/mol. The van der Waals surface area contributed by atoms with Gasteiger partial charge in [-0.15, -0.1) is 5.10 Å². The van der Waals surface area contributed by atoms with Crippen molar-refractivity contribution in [1.82, 2.24) is 25.4 Å². The van der Waals surface area contributed by atoms with Gasteiger partial charge in [0.15, 0.2) is 0 Å². The Labute approximate surface area is 155 Å². The number of carboxylic acids is 1. The maximum absolute atomic E-state index is 11.6. The number of carbonyl (C=O) groups excluding carboxylic acids is 1.